The molecule has 1 saturated carbocycles. The summed E-state index contributed by atoms with van der Waals surface area (Å²) in [7, 11) is 0. The van der Waals surface area contributed by atoms with Crippen LogP contribution in [0.15, 0.2) is 48.5 Å². The molecule has 46 heavy (non-hydrogen) atoms. The van der Waals surface area contributed by atoms with E-state index in [0.29, 0.717) is 48.7 Å². The van der Waals surface area contributed by atoms with Crippen molar-refractivity contribution in [1.29, 1.82) is 0 Å². The van der Waals surface area contributed by atoms with Crippen LogP contribution in [0.3, 0.4) is 0 Å². The summed E-state index contributed by atoms with van der Waals surface area (Å²) >= 11 is 0. The number of unbranched alkanes of at least 4 members (excludes halogenated alkanes) is 2. The Morgan fingerprint density at radius 3 is 2.39 bits per heavy atom. The molecule has 2 unspecified atom stereocenters. The lowest BCUT2D eigenvalue weighted by Crippen LogP contribution is -2.45. The summed E-state index contributed by atoms with van der Waals surface area (Å²) in [6.45, 7) is 7.85. The molecule has 0 spiro atoms. The van der Waals surface area contributed by atoms with E-state index in [1.807, 2.05) is 41.0 Å². The number of carbonyl (C=O) groups excluding carboxylic acids is 2. The summed E-state index contributed by atoms with van der Waals surface area (Å²) in [5, 5.41) is 33.3. The maximum absolute atomic E-state index is 13.6. The van der Waals surface area contributed by atoms with Gasteiger partial charge in [-0.25, -0.2) is 9.48 Å². The molecule has 10 nitrogen and oxygen atoms in total. The molecule has 1 aliphatic carbocycles. The van der Waals surface area contributed by atoms with Crippen LogP contribution >= 0.6 is 0 Å². The molecule has 2 aliphatic rings. The number of aryl methyl sites for hydroxylation is 1. The average Bonchev–Trinajstić information content (AvgIpc) is 3.72. The number of hydrogen-bond acceptors (Lipinski definition) is 6. The Bertz CT molecular complexity index is 1470. The number of anilines is 1. The van der Waals surface area contributed by atoms with Gasteiger partial charge in [0.15, 0.2) is 5.69 Å². The third-order valence-corrected chi connectivity index (χ3v) is 9.36. The molecule has 10 heteroatoms. The van der Waals surface area contributed by atoms with Gasteiger partial charge in [0.1, 0.15) is 6.23 Å². The predicted octanol–water partition coefficient (Wildman–Crippen LogP) is 5.70. The van der Waals surface area contributed by atoms with Gasteiger partial charge in [-0.15, -0.1) is 0 Å². The van der Waals surface area contributed by atoms with Crippen LogP contribution in [0.2, 0.25) is 0 Å². The summed E-state index contributed by atoms with van der Waals surface area (Å²) < 4.78 is 1.71. The maximum atomic E-state index is 13.6. The molecule has 4 N–H and O–H groups in total. The van der Waals surface area contributed by atoms with E-state index in [0.717, 1.165) is 68.2 Å². The highest BCUT2D eigenvalue weighted by Gasteiger charge is 2.33. The fourth-order valence-electron chi connectivity index (χ4n) is 6.69. The van der Waals surface area contributed by atoms with Gasteiger partial charge in [0.05, 0.1) is 12.3 Å². The number of carbonyl (C=O) groups is 2. The number of aromatic nitrogens is 2. The lowest BCUT2D eigenvalue weighted by Gasteiger charge is -2.39. The van der Waals surface area contributed by atoms with Crippen molar-refractivity contribution in [1.82, 2.24) is 24.9 Å². The monoisotopic (exact) mass is 630 g/mol. The lowest BCUT2D eigenvalue weighted by molar-refractivity contribution is -0.0529. The molecule has 2 aromatic carbocycles. The highest BCUT2D eigenvalue weighted by molar-refractivity contribution is 5.92. The van der Waals surface area contributed by atoms with Crippen molar-refractivity contribution in [3.63, 3.8) is 0 Å². The van der Waals surface area contributed by atoms with Crippen molar-refractivity contribution >= 4 is 17.6 Å². The Hall–Kier alpha value is -3.73. The Morgan fingerprint density at radius 2 is 1.72 bits per heavy atom. The van der Waals surface area contributed by atoms with Crippen molar-refractivity contribution in [3.8, 4) is 5.69 Å². The van der Waals surface area contributed by atoms with Gasteiger partial charge >= 0.3 is 6.03 Å². The molecule has 1 aliphatic heterocycles. The second-order valence-electron chi connectivity index (χ2n) is 12.8. The first kappa shape index (κ1) is 33.6. The van der Waals surface area contributed by atoms with Crippen LogP contribution in [0.25, 0.3) is 5.69 Å². The normalized spacial score (nSPS) is 17.5. The lowest BCUT2D eigenvalue weighted by atomic mass is 9.93. The van der Waals surface area contributed by atoms with E-state index in [1.54, 1.807) is 22.9 Å². The summed E-state index contributed by atoms with van der Waals surface area (Å²) in [4.78, 5) is 30.3. The van der Waals surface area contributed by atoms with E-state index < -0.39 is 6.23 Å². The quantitative estimate of drug-likeness (QED) is 0.192. The number of aliphatic hydroxyl groups is 2. The topological polar surface area (TPSA) is 123 Å². The maximum Gasteiger partial charge on any atom is 0.319 e. The van der Waals surface area contributed by atoms with Crippen LogP contribution in [0, 0.1) is 6.92 Å². The number of rotatable bonds is 13. The summed E-state index contributed by atoms with van der Waals surface area (Å²) in [5.41, 5.74) is 5.04. The Morgan fingerprint density at radius 1 is 1.02 bits per heavy atom. The number of hydrogen-bond donors (Lipinski definition) is 4. The molecule has 248 valence electrons. The van der Waals surface area contributed by atoms with Gasteiger partial charge in [0, 0.05) is 48.7 Å². The predicted molar refractivity (Wildman–Crippen MR) is 180 cm³/mol. The molecule has 2 atom stereocenters. The molecule has 0 bridgehead atoms. The van der Waals surface area contributed by atoms with E-state index in [9.17, 15) is 19.8 Å². The zero-order valence-electron chi connectivity index (χ0n) is 27.5. The van der Waals surface area contributed by atoms with Gasteiger partial charge in [-0.2, -0.15) is 5.10 Å². The van der Waals surface area contributed by atoms with Crippen LogP contribution in [0.1, 0.15) is 104 Å². The first-order valence-electron chi connectivity index (χ1n) is 17.0. The van der Waals surface area contributed by atoms with Crippen LogP contribution in [-0.2, 0) is 13.0 Å². The highest BCUT2D eigenvalue weighted by Crippen LogP contribution is 2.34. The van der Waals surface area contributed by atoms with Crippen molar-refractivity contribution in [2.75, 3.05) is 25.0 Å². The van der Waals surface area contributed by atoms with Crippen molar-refractivity contribution < 1.29 is 19.8 Å². The molecular formula is C36H50N6O4. The number of nitrogens with one attached hydrogen (secondary N) is 2. The van der Waals surface area contributed by atoms with Crippen molar-refractivity contribution in [2.24, 2.45) is 0 Å². The zero-order chi connectivity index (χ0) is 32.6. The number of amides is 3. The van der Waals surface area contributed by atoms with E-state index >= 15 is 0 Å². The van der Waals surface area contributed by atoms with Crippen molar-refractivity contribution in [2.45, 2.75) is 103 Å². The fourth-order valence-corrected chi connectivity index (χ4v) is 6.69. The van der Waals surface area contributed by atoms with Crippen LogP contribution in [0.5, 0.6) is 0 Å². The average molecular weight is 631 g/mol. The third kappa shape index (κ3) is 7.79. The molecule has 1 aromatic heterocycles. The minimum absolute atomic E-state index is 0.0966. The van der Waals surface area contributed by atoms with Gasteiger partial charge in [-0.1, -0.05) is 63.8 Å². The smallest absolute Gasteiger partial charge is 0.319 e. The second kappa shape index (κ2) is 15.7. The first-order valence-corrected chi connectivity index (χ1v) is 17.0. The summed E-state index contributed by atoms with van der Waals surface area (Å²) in [5.74, 6) is -0.0966. The molecule has 3 amide bonds. The number of urea groups is 1. The summed E-state index contributed by atoms with van der Waals surface area (Å²) in [6, 6.07) is 14.9. The van der Waals surface area contributed by atoms with Gasteiger partial charge < -0.3 is 25.7 Å². The van der Waals surface area contributed by atoms with E-state index in [4.69, 9.17) is 5.10 Å². The second-order valence-corrected chi connectivity index (χ2v) is 12.8. The van der Waals surface area contributed by atoms with E-state index in [2.05, 4.69) is 30.5 Å². The Kier molecular flexibility index (Phi) is 11.5. The van der Waals surface area contributed by atoms with Crippen LogP contribution in [-0.4, -0.2) is 73.5 Å². The number of nitrogens with zero attached hydrogens (tertiary/aromatic N) is 4. The highest BCUT2D eigenvalue weighted by atomic mass is 16.3. The molecule has 3 aromatic rings. The molecule has 5 rings (SSSR count). The molecule has 2 heterocycles. The largest absolute Gasteiger partial charge is 0.395 e. The Balaban J connectivity index is 1.49. The molecule has 0 saturated heterocycles. The fraction of sp³-hybridized carbons (Fsp3) is 0.528. The van der Waals surface area contributed by atoms with E-state index in [1.165, 1.54) is 0 Å². The minimum atomic E-state index is -1.12. The number of fused-ring (bicyclic) bond motifs is 1. The van der Waals surface area contributed by atoms with Gasteiger partial charge in [-0.05, 0) is 74.4 Å². The van der Waals surface area contributed by atoms with Gasteiger partial charge in [0.2, 0.25) is 0 Å². The molecule has 1 fully saturated rings. The SMILES string of the molecule is CCCCN(CCCC)C(=O)c1cc(C)n(-c2ccc(NC(=O)NC3CCCC3)cc2C(O)N2Cc3ccccc3CC2CO)n1. The standard InChI is InChI=1S/C36H50N6O4/c1-4-6-18-40(19-7-5-2)35(45)32-20-25(3)42(39-32)33-17-16-29(38-36(46)37-28-14-10-11-15-28)22-31(33)34(44)41-23-27-13-9-8-12-26(27)21-30(41)24-43/h8-9,12-13,16-17,20,22,28,30,34,43-44H,4-7,10-11,14-15,18-19,21,23-24H2,1-3H3,(H2,37,38,46). The number of aliphatic hydroxyl groups excluding tert-OH is 2. The third-order valence-electron chi connectivity index (χ3n) is 9.36. The van der Waals surface area contributed by atoms with Crippen LogP contribution < -0.4 is 10.6 Å². The molecule has 0 radical (unpaired) electrons. The van der Waals surface area contributed by atoms with Crippen LogP contribution in [0.4, 0.5) is 10.5 Å². The number of benzene rings is 2. The minimum Gasteiger partial charge on any atom is -0.395 e. The van der Waals surface area contributed by atoms with Crippen molar-refractivity contribution in [3.05, 3.63) is 76.6 Å². The van der Waals surface area contributed by atoms with Gasteiger partial charge in [0.25, 0.3) is 5.91 Å². The first-order chi connectivity index (χ1) is 22.3. The van der Waals surface area contributed by atoms with Gasteiger partial charge in [-0.3, -0.25) is 9.69 Å². The zero-order valence-corrected chi connectivity index (χ0v) is 27.5. The Labute approximate surface area is 272 Å². The summed E-state index contributed by atoms with van der Waals surface area (Å²) in [6.07, 6.45) is 7.52. The molecular weight excluding hydrogens is 580 g/mol. The van der Waals surface area contributed by atoms with E-state index in [-0.39, 0.29) is 30.6 Å².